The molecule has 0 spiro atoms. The van der Waals surface area contributed by atoms with Crippen molar-refractivity contribution in [3.63, 3.8) is 0 Å². The smallest absolute Gasteiger partial charge is 0.423 e. The van der Waals surface area contributed by atoms with Crippen molar-refractivity contribution in [3.05, 3.63) is 24.0 Å². The molecule has 1 heterocycles. The fraction of sp³-hybridized carbons (Fsp3) is 0.647. The summed E-state index contributed by atoms with van der Waals surface area (Å²) in [5.41, 5.74) is -0.351. The normalized spacial score (nSPS) is 17.9. The van der Waals surface area contributed by atoms with E-state index >= 15 is 0 Å². The molecule has 27 heavy (non-hydrogen) atoms. The first-order chi connectivity index (χ1) is 12.3. The maximum absolute atomic E-state index is 13.9. The minimum absolute atomic E-state index is 0.0287. The van der Waals surface area contributed by atoms with Crippen molar-refractivity contribution in [1.82, 2.24) is 4.31 Å². The quantitative estimate of drug-likeness (QED) is 0.712. The predicted octanol–water partition coefficient (Wildman–Crippen LogP) is 1.68. The van der Waals surface area contributed by atoms with Gasteiger partial charge in [0.2, 0.25) is 10.0 Å². The second-order valence-electron chi connectivity index (χ2n) is 8.54. The van der Waals surface area contributed by atoms with E-state index < -0.39 is 31.3 Å². The van der Waals surface area contributed by atoms with Gasteiger partial charge in [0, 0.05) is 24.7 Å². The van der Waals surface area contributed by atoms with E-state index in [1.807, 2.05) is 0 Å². The summed E-state index contributed by atoms with van der Waals surface area (Å²) in [6.07, 6.45) is 1.23. The van der Waals surface area contributed by atoms with Gasteiger partial charge in [-0.1, -0.05) is 26.8 Å². The minimum atomic E-state index is -3.84. The van der Waals surface area contributed by atoms with Gasteiger partial charge in [0.25, 0.3) is 0 Å². The van der Waals surface area contributed by atoms with Crippen LogP contribution in [0.5, 0.6) is 0 Å². The first-order valence-corrected chi connectivity index (χ1v) is 13.4. The van der Waals surface area contributed by atoms with Crippen LogP contribution in [-0.4, -0.2) is 57.4 Å². The van der Waals surface area contributed by atoms with Crippen LogP contribution >= 0.6 is 0 Å². The molecule has 0 amide bonds. The number of nitrogens with zero attached hydrogens (tertiary/aromatic N) is 1. The summed E-state index contributed by atoms with van der Waals surface area (Å²) >= 11 is 0. The molecule has 0 bridgehead atoms. The number of halogens is 1. The Hall–Kier alpha value is -0.778. The Bertz CT molecular complexity index is 774. The predicted molar refractivity (Wildman–Crippen MR) is 106 cm³/mol. The summed E-state index contributed by atoms with van der Waals surface area (Å²) in [6, 6.07) is 3.12. The molecular formula is C17H29BFNO5SSi. The Kier molecular flexibility index (Phi) is 6.60. The summed E-state index contributed by atoms with van der Waals surface area (Å²) in [6.45, 7) is 11.5. The van der Waals surface area contributed by atoms with Crippen molar-refractivity contribution in [2.24, 2.45) is 0 Å². The van der Waals surface area contributed by atoms with E-state index in [1.54, 1.807) is 0 Å². The molecule has 2 rings (SSSR count). The highest BCUT2D eigenvalue weighted by molar-refractivity contribution is 7.89. The third kappa shape index (κ3) is 4.99. The molecule has 1 aliphatic heterocycles. The zero-order valence-corrected chi connectivity index (χ0v) is 18.4. The van der Waals surface area contributed by atoms with Crippen LogP contribution in [0.2, 0.25) is 18.1 Å². The van der Waals surface area contributed by atoms with Crippen molar-refractivity contribution in [1.29, 1.82) is 0 Å². The van der Waals surface area contributed by atoms with Gasteiger partial charge in [0.05, 0.1) is 4.90 Å². The number of piperidine rings is 1. The van der Waals surface area contributed by atoms with Gasteiger partial charge in [0.15, 0.2) is 8.32 Å². The van der Waals surface area contributed by atoms with Crippen LogP contribution in [0, 0.1) is 5.82 Å². The van der Waals surface area contributed by atoms with Gasteiger partial charge in [-0.2, -0.15) is 4.31 Å². The largest absolute Gasteiger partial charge is 0.491 e. The molecule has 0 aliphatic carbocycles. The van der Waals surface area contributed by atoms with Gasteiger partial charge >= 0.3 is 7.12 Å². The molecular weight excluding hydrogens is 388 g/mol. The number of benzene rings is 1. The maximum Gasteiger partial charge on any atom is 0.491 e. The lowest BCUT2D eigenvalue weighted by atomic mass is 9.80. The molecule has 1 aliphatic rings. The zero-order valence-electron chi connectivity index (χ0n) is 16.6. The number of rotatable bonds is 5. The standard InChI is InChI=1S/C17H29BFNO5SSi/c1-17(2,3)27(4,5)25-13-8-10-20(11-9-13)26(23,24)14-6-7-15(18(21)22)16(19)12-14/h6-7,12-13,21-22H,8-11H2,1-5H3. The zero-order chi connectivity index (χ0) is 20.6. The number of hydrogen-bond acceptors (Lipinski definition) is 5. The Labute approximate surface area is 162 Å². The topological polar surface area (TPSA) is 87.1 Å². The average Bonchev–Trinajstić information content (AvgIpc) is 2.53. The first kappa shape index (κ1) is 22.5. The number of hydrogen-bond donors (Lipinski definition) is 2. The van der Waals surface area contributed by atoms with Gasteiger partial charge in [-0.3, -0.25) is 0 Å². The van der Waals surface area contributed by atoms with Gasteiger partial charge in [-0.25, -0.2) is 12.8 Å². The van der Waals surface area contributed by atoms with Crippen LogP contribution in [0.1, 0.15) is 33.6 Å². The van der Waals surface area contributed by atoms with E-state index in [1.165, 1.54) is 10.4 Å². The Balaban J connectivity index is 2.08. The van der Waals surface area contributed by atoms with E-state index in [0.29, 0.717) is 25.9 Å². The fourth-order valence-electron chi connectivity index (χ4n) is 2.81. The van der Waals surface area contributed by atoms with E-state index in [0.717, 1.165) is 12.1 Å². The van der Waals surface area contributed by atoms with Crippen LogP contribution in [0.3, 0.4) is 0 Å². The van der Waals surface area contributed by atoms with E-state index in [4.69, 9.17) is 14.5 Å². The lowest BCUT2D eigenvalue weighted by Gasteiger charge is -2.41. The third-order valence-electron chi connectivity index (χ3n) is 5.56. The van der Waals surface area contributed by atoms with Crippen LogP contribution in [-0.2, 0) is 14.4 Å². The fourth-order valence-corrected chi connectivity index (χ4v) is 5.72. The Morgan fingerprint density at radius 1 is 1.22 bits per heavy atom. The van der Waals surface area contributed by atoms with E-state index in [9.17, 15) is 12.8 Å². The lowest BCUT2D eigenvalue weighted by Crippen LogP contribution is -2.48. The highest BCUT2D eigenvalue weighted by Crippen LogP contribution is 2.38. The minimum Gasteiger partial charge on any atom is -0.423 e. The molecule has 1 fully saturated rings. The molecule has 0 atom stereocenters. The van der Waals surface area contributed by atoms with Crippen molar-refractivity contribution >= 4 is 30.9 Å². The van der Waals surface area contributed by atoms with Crippen LogP contribution in [0.15, 0.2) is 23.1 Å². The molecule has 2 N–H and O–H groups in total. The van der Waals surface area contributed by atoms with Crippen molar-refractivity contribution in [2.75, 3.05) is 13.1 Å². The van der Waals surface area contributed by atoms with E-state index in [-0.39, 0.29) is 21.5 Å². The SMILES string of the molecule is CC(C)(C)[Si](C)(C)OC1CCN(S(=O)(=O)c2ccc(B(O)O)c(F)c2)CC1. The molecule has 0 radical (unpaired) electrons. The van der Waals surface area contributed by atoms with Crippen LogP contribution < -0.4 is 5.46 Å². The summed E-state index contributed by atoms with van der Waals surface area (Å²) in [5, 5.41) is 18.2. The molecule has 152 valence electrons. The summed E-state index contributed by atoms with van der Waals surface area (Å²) in [5.74, 6) is -0.956. The first-order valence-electron chi connectivity index (χ1n) is 9.09. The molecule has 0 saturated carbocycles. The molecule has 0 aromatic heterocycles. The van der Waals surface area contributed by atoms with Crippen molar-refractivity contribution < 1.29 is 27.3 Å². The van der Waals surface area contributed by atoms with Crippen molar-refractivity contribution in [2.45, 2.75) is 62.7 Å². The second kappa shape index (κ2) is 7.92. The van der Waals surface area contributed by atoms with Gasteiger partial charge in [0.1, 0.15) is 5.82 Å². The summed E-state index contributed by atoms with van der Waals surface area (Å²) in [7, 11) is -7.73. The van der Waals surface area contributed by atoms with Gasteiger partial charge in [-0.05, 0) is 43.1 Å². The number of sulfonamides is 1. The monoisotopic (exact) mass is 417 g/mol. The molecule has 1 aromatic rings. The molecule has 1 saturated heterocycles. The second-order valence-corrected chi connectivity index (χ2v) is 15.2. The molecule has 6 nitrogen and oxygen atoms in total. The molecule has 10 heteroatoms. The Morgan fingerprint density at radius 2 is 1.78 bits per heavy atom. The summed E-state index contributed by atoms with van der Waals surface area (Å²) < 4.78 is 47.2. The highest BCUT2D eigenvalue weighted by Gasteiger charge is 2.40. The average molecular weight is 417 g/mol. The van der Waals surface area contributed by atoms with Crippen LogP contribution in [0.4, 0.5) is 4.39 Å². The van der Waals surface area contributed by atoms with Crippen molar-refractivity contribution in [3.8, 4) is 0 Å². The maximum atomic E-state index is 13.9. The van der Waals surface area contributed by atoms with E-state index in [2.05, 4.69) is 33.9 Å². The Morgan fingerprint density at radius 3 is 2.22 bits per heavy atom. The molecule has 0 unspecified atom stereocenters. The highest BCUT2D eigenvalue weighted by atomic mass is 32.2. The summed E-state index contributed by atoms with van der Waals surface area (Å²) in [4.78, 5) is -0.187. The molecule has 1 aromatic carbocycles. The lowest BCUT2D eigenvalue weighted by molar-refractivity contribution is 0.120. The third-order valence-corrected chi connectivity index (χ3v) is 12.0. The van der Waals surface area contributed by atoms with Gasteiger partial charge < -0.3 is 14.5 Å². The van der Waals surface area contributed by atoms with Gasteiger partial charge in [-0.15, -0.1) is 0 Å². The van der Waals surface area contributed by atoms with Crippen LogP contribution in [0.25, 0.3) is 0 Å².